The first kappa shape index (κ1) is 23.1. The third-order valence-electron chi connectivity index (χ3n) is 7.02. The summed E-state index contributed by atoms with van der Waals surface area (Å²) in [6.07, 6.45) is 1.29. The number of aromatic nitrogens is 1. The van der Waals surface area contributed by atoms with Crippen LogP contribution in [0.5, 0.6) is 0 Å². The highest BCUT2D eigenvalue weighted by Crippen LogP contribution is 2.42. The second-order valence-corrected chi connectivity index (χ2v) is 9.52. The zero-order valence-electron chi connectivity index (χ0n) is 20.3. The van der Waals surface area contributed by atoms with Crippen molar-refractivity contribution in [1.82, 2.24) is 19.7 Å². The number of hydrogen-bond acceptors (Lipinski definition) is 5. The summed E-state index contributed by atoms with van der Waals surface area (Å²) < 4.78 is 4.83. The van der Waals surface area contributed by atoms with Gasteiger partial charge in [-0.3, -0.25) is 9.59 Å². The fourth-order valence-corrected chi connectivity index (χ4v) is 5.36. The van der Waals surface area contributed by atoms with Gasteiger partial charge >= 0.3 is 5.97 Å². The molecule has 1 N–H and O–H groups in total. The molecule has 1 unspecified atom stereocenters. The fraction of sp³-hybridized carbons (Fsp3) is 0.370. The van der Waals surface area contributed by atoms with Crippen molar-refractivity contribution < 1.29 is 19.1 Å². The van der Waals surface area contributed by atoms with Gasteiger partial charge in [0, 0.05) is 29.6 Å². The van der Waals surface area contributed by atoms with Crippen molar-refractivity contribution >= 4 is 28.7 Å². The van der Waals surface area contributed by atoms with Gasteiger partial charge in [0.1, 0.15) is 6.04 Å². The molecule has 0 saturated carbocycles. The van der Waals surface area contributed by atoms with Gasteiger partial charge in [-0.25, -0.2) is 4.79 Å². The van der Waals surface area contributed by atoms with Gasteiger partial charge in [-0.05, 0) is 56.4 Å². The van der Waals surface area contributed by atoms with Crippen molar-refractivity contribution in [3.63, 3.8) is 0 Å². The number of carbonyl (C=O) groups excluding carboxylic acids is 3. The number of nitrogens with one attached hydrogen (secondary N) is 1. The number of aromatic amines is 1. The lowest BCUT2D eigenvalue weighted by molar-refractivity contribution is -0.158. The summed E-state index contributed by atoms with van der Waals surface area (Å²) in [4.78, 5) is 48.2. The first-order chi connectivity index (χ1) is 16.9. The lowest BCUT2D eigenvalue weighted by Gasteiger charge is -2.47. The van der Waals surface area contributed by atoms with E-state index in [1.165, 1.54) is 7.11 Å². The first-order valence-corrected chi connectivity index (χ1v) is 11.9. The van der Waals surface area contributed by atoms with E-state index in [1.54, 1.807) is 21.9 Å². The quantitative estimate of drug-likeness (QED) is 0.555. The molecule has 0 aliphatic carbocycles. The number of methoxy groups -OCH3 is 1. The Morgan fingerprint density at radius 2 is 1.86 bits per heavy atom. The van der Waals surface area contributed by atoms with Crippen LogP contribution in [0.25, 0.3) is 10.9 Å². The lowest BCUT2D eigenvalue weighted by Crippen LogP contribution is -2.63. The second kappa shape index (κ2) is 9.19. The highest BCUT2D eigenvalue weighted by atomic mass is 16.5. The number of rotatable bonds is 6. The number of benzene rings is 2. The maximum Gasteiger partial charge on any atom is 0.337 e. The van der Waals surface area contributed by atoms with E-state index in [0.717, 1.165) is 40.7 Å². The average molecular weight is 475 g/mol. The molecule has 0 radical (unpaired) electrons. The molecule has 1 fully saturated rings. The molecule has 3 heterocycles. The van der Waals surface area contributed by atoms with Gasteiger partial charge in [-0.15, -0.1) is 0 Å². The third kappa shape index (κ3) is 4.08. The van der Waals surface area contributed by atoms with Crippen LogP contribution in [0.3, 0.4) is 0 Å². The van der Waals surface area contributed by atoms with Crippen molar-refractivity contribution in [2.24, 2.45) is 0 Å². The highest BCUT2D eigenvalue weighted by Gasteiger charge is 2.48. The van der Waals surface area contributed by atoms with Crippen molar-refractivity contribution in [3.8, 4) is 0 Å². The number of esters is 1. The maximum atomic E-state index is 13.7. The van der Waals surface area contributed by atoms with Gasteiger partial charge in [0.05, 0.1) is 25.3 Å². The van der Waals surface area contributed by atoms with Crippen molar-refractivity contribution in [2.45, 2.75) is 24.9 Å². The van der Waals surface area contributed by atoms with E-state index in [-0.39, 0.29) is 18.4 Å². The SMILES string of the molecule is COC(=O)c1ccc(C2c3[nH]c4ccccc4c3C[C@H]3C(=O)N(CCCN(C)C)CC(=O)N23)cc1. The lowest BCUT2D eigenvalue weighted by atomic mass is 9.86. The Bertz CT molecular complexity index is 1280. The van der Waals surface area contributed by atoms with Crippen molar-refractivity contribution in [2.75, 3.05) is 40.8 Å². The normalized spacial score (nSPS) is 19.8. The van der Waals surface area contributed by atoms with Crippen LogP contribution in [0.15, 0.2) is 48.5 Å². The molecule has 1 saturated heterocycles. The summed E-state index contributed by atoms with van der Waals surface area (Å²) in [5.74, 6) is -0.483. The topological polar surface area (TPSA) is 86.0 Å². The van der Waals surface area contributed by atoms with Gasteiger partial charge in [-0.1, -0.05) is 30.3 Å². The highest BCUT2D eigenvalue weighted by molar-refractivity contribution is 5.97. The molecule has 2 amide bonds. The third-order valence-corrected chi connectivity index (χ3v) is 7.02. The minimum atomic E-state index is -0.562. The largest absolute Gasteiger partial charge is 0.465 e. The minimum Gasteiger partial charge on any atom is -0.465 e. The summed E-state index contributed by atoms with van der Waals surface area (Å²) in [7, 11) is 5.35. The van der Waals surface area contributed by atoms with Gasteiger partial charge in [0.25, 0.3) is 0 Å². The monoisotopic (exact) mass is 474 g/mol. The molecule has 5 rings (SSSR count). The summed E-state index contributed by atoms with van der Waals surface area (Å²) in [5.41, 5.74) is 4.26. The van der Waals surface area contributed by atoms with E-state index < -0.39 is 18.1 Å². The van der Waals surface area contributed by atoms with Gasteiger partial charge < -0.3 is 24.4 Å². The molecule has 3 aromatic rings. The smallest absolute Gasteiger partial charge is 0.337 e. The molecule has 2 aliphatic rings. The van der Waals surface area contributed by atoms with E-state index in [0.29, 0.717) is 18.5 Å². The van der Waals surface area contributed by atoms with Gasteiger partial charge in [0.2, 0.25) is 11.8 Å². The Hall–Kier alpha value is -3.65. The number of fused-ring (bicyclic) bond motifs is 4. The van der Waals surface area contributed by atoms with E-state index in [1.807, 2.05) is 44.4 Å². The maximum absolute atomic E-state index is 13.7. The van der Waals surface area contributed by atoms with Crippen LogP contribution < -0.4 is 0 Å². The molecular formula is C27H30N4O4. The number of hydrogen-bond donors (Lipinski definition) is 1. The molecule has 2 aliphatic heterocycles. The summed E-state index contributed by atoms with van der Waals surface area (Å²) in [6.45, 7) is 1.50. The summed E-state index contributed by atoms with van der Waals surface area (Å²) in [5, 5.41) is 1.07. The van der Waals surface area contributed by atoms with Crippen LogP contribution >= 0.6 is 0 Å². The Morgan fingerprint density at radius 1 is 1.11 bits per heavy atom. The Kier molecular flexibility index (Phi) is 6.06. The number of carbonyl (C=O) groups is 3. The molecule has 35 heavy (non-hydrogen) atoms. The molecule has 2 atom stereocenters. The molecule has 0 bridgehead atoms. The Morgan fingerprint density at radius 3 is 2.57 bits per heavy atom. The van der Waals surface area contributed by atoms with Gasteiger partial charge in [0.15, 0.2) is 0 Å². The van der Waals surface area contributed by atoms with E-state index >= 15 is 0 Å². The number of H-pyrrole nitrogens is 1. The van der Waals surface area contributed by atoms with Crippen LogP contribution in [-0.2, 0) is 20.7 Å². The number of nitrogens with zero attached hydrogens (tertiary/aromatic N) is 3. The number of amides is 2. The van der Waals surface area contributed by atoms with E-state index in [9.17, 15) is 14.4 Å². The standard InChI is InChI=1S/C27H30N4O4/c1-29(2)13-6-14-30-16-23(32)31-22(26(30)33)15-20-19-7-4-5-8-21(19)28-24(20)25(31)17-9-11-18(12-10-17)27(34)35-3/h4-5,7-12,22,25,28H,6,13-16H2,1-3H3/t22-,25?/m0/s1. The van der Waals surface area contributed by atoms with Crippen LogP contribution in [0.4, 0.5) is 0 Å². The fourth-order valence-electron chi connectivity index (χ4n) is 5.36. The number of ether oxygens (including phenoxy) is 1. The molecule has 1 aromatic heterocycles. The van der Waals surface area contributed by atoms with Crippen molar-refractivity contribution in [3.05, 3.63) is 70.9 Å². The van der Waals surface area contributed by atoms with Crippen LogP contribution in [0.2, 0.25) is 0 Å². The van der Waals surface area contributed by atoms with E-state index in [2.05, 4.69) is 16.0 Å². The van der Waals surface area contributed by atoms with E-state index in [4.69, 9.17) is 4.74 Å². The van der Waals surface area contributed by atoms with Gasteiger partial charge in [-0.2, -0.15) is 0 Å². The van der Waals surface area contributed by atoms with Crippen LogP contribution in [0.1, 0.15) is 39.6 Å². The minimum absolute atomic E-state index is 0.00420. The van der Waals surface area contributed by atoms with Crippen LogP contribution in [0, 0.1) is 0 Å². The predicted octanol–water partition coefficient (Wildman–Crippen LogP) is 2.59. The summed E-state index contributed by atoms with van der Waals surface area (Å²) in [6, 6.07) is 14.1. The molecular weight excluding hydrogens is 444 g/mol. The Labute approximate surface area is 204 Å². The second-order valence-electron chi connectivity index (χ2n) is 9.52. The molecule has 8 nitrogen and oxygen atoms in total. The van der Waals surface area contributed by atoms with Crippen LogP contribution in [-0.4, -0.2) is 84.3 Å². The molecule has 0 spiro atoms. The molecule has 2 aromatic carbocycles. The van der Waals surface area contributed by atoms with Crippen molar-refractivity contribution in [1.29, 1.82) is 0 Å². The zero-order chi connectivity index (χ0) is 24.7. The zero-order valence-corrected chi connectivity index (χ0v) is 20.3. The Balaban J connectivity index is 1.56. The summed E-state index contributed by atoms with van der Waals surface area (Å²) >= 11 is 0. The average Bonchev–Trinajstić information content (AvgIpc) is 3.23. The predicted molar refractivity (Wildman–Crippen MR) is 132 cm³/mol. The number of piperazine rings is 1. The molecule has 182 valence electrons. The molecule has 8 heteroatoms. The first-order valence-electron chi connectivity index (χ1n) is 11.9. The number of para-hydroxylation sites is 1.